The van der Waals surface area contributed by atoms with Crippen LogP contribution in [0.4, 0.5) is 5.82 Å². The zero-order chi connectivity index (χ0) is 20.1. The van der Waals surface area contributed by atoms with E-state index in [4.69, 9.17) is 33.7 Å². The van der Waals surface area contributed by atoms with Crippen LogP contribution in [0.2, 0.25) is 10.0 Å². The number of hydrogen-bond donors (Lipinski definition) is 1. The van der Waals surface area contributed by atoms with E-state index in [1.54, 1.807) is 12.1 Å². The van der Waals surface area contributed by atoms with Crippen LogP contribution in [0.25, 0.3) is 0 Å². The van der Waals surface area contributed by atoms with Crippen molar-refractivity contribution in [3.63, 3.8) is 0 Å². The molecule has 0 aliphatic heterocycles. The maximum absolute atomic E-state index is 9.40. The summed E-state index contributed by atoms with van der Waals surface area (Å²) in [5.41, 5.74) is 8.61. The number of aromatic nitrogens is 2. The molecule has 5 nitrogen and oxygen atoms in total. The molecule has 3 rings (SSSR count). The molecular weight excluding hydrogens is 415 g/mol. The maximum atomic E-state index is 9.40. The number of nitrogens with two attached hydrogens (primary N) is 1. The number of hydrogen-bond acceptors (Lipinski definition) is 6. The third-order valence-electron chi connectivity index (χ3n) is 3.84. The SMILES string of the molecule is Cc1cccc(OCc2nc(SCc3ccc(Cl)cc3Cl)nc(N)c2C#N)c1. The van der Waals surface area contributed by atoms with Gasteiger partial charge in [0.25, 0.3) is 0 Å². The molecular formula is C20H16Cl2N4OS. The second-order valence-electron chi connectivity index (χ2n) is 5.95. The van der Waals surface area contributed by atoms with Gasteiger partial charge in [-0.2, -0.15) is 5.26 Å². The molecule has 0 aliphatic rings. The van der Waals surface area contributed by atoms with E-state index >= 15 is 0 Å². The number of ether oxygens (including phenoxy) is 1. The Morgan fingerprint density at radius 3 is 2.71 bits per heavy atom. The summed E-state index contributed by atoms with van der Waals surface area (Å²) in [4.78, 5) is 8.68. The average Bonchev–Trinajstić information content (AvgIpc) is 2.65. The summed E-state index contributed by atoms with van der Waals surface area (Å²) in [5, 5.41) is 11.0. The van der Waals surface area contributed by atoms with Gasteiger partial charge in [-0.25, -0.2) is 9.97 Å². The Balaban J connectivity index is 1.78. The summed E-state index contributed by atoms with van der Waals surface area (Å²) in [6.45, 7) is 2.10. The minimum absolute atomic E-state index is 0.119. The zero-order valence-corrected chi connectivity index (χ0v) is 17.3. The second kappa shape index (κ2) is 9.16. The van der Waals surface area contributed by atoms with Gasteiger partial charge < -0.3 is 10.5 Å². The second-order valence-corrected chi connectivity index (χ2v) is 7.74. The summed E-state index contributed by atoms with van der Waals surface area (Å²) in [6, 6.07) is 15.0. The van der Waals surface area contributed by atoms with E-state index < -0.39 is 0 Å². The third kappa shape index (κ3) is 5.08. The molecule has 0 saturated heterocycles. The lowest BCUT2D eigenvalue weighted by Gasteiger charge is -2.11. The molecule has 0 atom stereocenters. The molecule has 0 unspecified atom stereocenters. The van der Waals surface area contributed by atoms with Crippen molar-refractivity contribution in [1.29, 1.82) is 5.26 Å². The molecule has 0 amide bonds. The highest BCUT2D eigenvalue weighted by Crippen LogP contribution is 2.28. The fraction of sp³-hybridized carbons (Fsp3) is 0.150. The minimum Gasteiger partial charge on any atom is -0.487 e. The predicted molar refractivity (Wildman–Crippen MR) is 113 cm³/mol. The average molecular weight is 431 g/mol. The maximum Gasteiger partial charge on any atom is 0.190 e. The number of thioether (sulfide) groups is 1. The van der Waals surface area contributed by atoms with Crippen molar-refractivity contribution in [3.8, 4) is 11.8 Å². The highest BCUT2D eigenvalue weighted by molar-refractivity contribution is 7.98. The first kappa shape index (κ1) is 20.3. The quantitative estimate of drug-likeness (QED) is 0.415. The lowest BCUT2D eigenvalue weighted by molar-refractivity contribution is 0.299. The molecule has 0 saturated carbocycles. The molecule has 1 aromatic heterocycles. The number of nitriles is 1. The van der Waals surface area contributed by atoms with Crippen molar-refractivity contribution in [2.45, 2.75) is 24.4 Å². The van der Waals surface area contributed by atoms with Gasteiger partial charge in [0, 0.05) is 15.8 Å². The van der Waals surface area contributed by atoms with E-state index in [-0.39, 0.29) is 18.0 Å². The van der Waals surface area contributed by atoms with Gasteiger partial charge in [-0.15, -0.1) is 0 Å². The molecule has 0 radical (unpaired) electrons. The molecule has 0 spiro atoms. The molecule has 3 aromatic rings. The number of rotatable bonds is 6. The Morgan fingerprint density at radius 1 is 1.18 bits per heavy atom. The van der Waals surface area contributed by atoms with Gasteiger partial charge in [0.05, 0.1) is 0 Å². The van der Waals surface area contributed by atoms with Crippen molar-refractivity contribution >= 4 is 40.8 Å². The van der Waals surface area contributed by atoms with E-state index in [0.717, 1.165) is 11.1 Å². The number of anilines is 1. The largest absolute Gasteiger partial charge is 0.487 e. The van der Waals surface area contributed by atoms with Gasteiger partial charge in [-0.3, -0.25) is 0 Å². The number of nitrogen functional groups attached to an aromatic ring is 1. The van der Waals surface area contributed by atoms with E-state index in [1.807, 2.05) is 37.3 Å². The van der Waals surface area contributed by atoms with Gasteiger partial charge in [0.15, 0.2) is 5.16 Å². The zero-order valence-electron chi connectivity index (χ0n) is 14.9. The summed E-state index contributed by atoms with van der Waals surface area (Å²) < 4.78 is 5.78. The van der Waals surface area contributed by atoms with Crippen LogP contribution >= 0.6 is 35.0 Å². The number of aryl methyl sites for hydroxylation is 1. The molecule has 0 bridgehead atoms. The highest BCUT2D eigenvalue weighted by atomic mass is 35.5. The summed E-state index contributed by atoms with van der Waals surface area (Å²) in [5.74, 6) is 1.37. The summed E-state index contributed by atoms with van der Waals surface area (Å²) in [7, 11) is 0. The molecule has 1 heterocycles. The van der Waals surface area contributed by atoms with Crippen LogP contribution in [0.3, 0.4) is 0 Å². The smallest absolute Gasteiger partial charge is 0.190 e. The third-order valence-corrected chi connectivity index (χ3v) is 5.32. The van der Waals surface area contributed by atoms with Crippen LogP contribution in [-0.4, -0.2) is 9.97 Å². The van der Waals surface area contributed by atoms with Crippen molar-refractivity contribution in [3.05, 3.63) is 74.9 Å². The number of halogens is 2. The van der Waals surface area contributed by atoms with E-state index in [0.29, 0.717) is 32.4 Å². The Bertz CT molecular complexity index is 1050. The monoisotopic (exact) mass is 430 g/mol. The van der Waals surface area contributed by atoms with Crippen LogP contribution in [0.1, 0.15) is 22.4 Å². The molecule has 8 heteroatoms. The molecule has 2 N–H and O–H groups in total. The standard InChI is InChI=1S/C20H16Cl2N4OS/c1-12-3-2-4-15(7-12)27-10-18-16(9-23)19(24)26-20(25-18)28-11-13-5-6-14(21)8-17(13)22/h2-8H,10-11H2,1H3,(H2,24,25,26). The normalized spacial score (nSPS) is 10.5. The van der Waals surface area contributed by atoms with Crippen molar-refractivity contribution in [2.75, 3.05) is 5.73 Å². The van der Waals surface area contributed by atoms with Crippen LogP contribution in [0.15, 0.2) is 47.6 Å². The Kier molecular flexibility index (Phi) is 6.63. The molecule has 0 fully saturated rings. The molecule has 28 heavy (non-hydrogen) atoms. The van der Waals surface area contributed by atoms with E-state index in [1.165, 1.54) is 11.8 Å². The van der Waals surface area contributed by atoms with Gasteiger partial charge >= 0.3 is 0 Å². The minimum atomic E-state index is 0.119. The van der Waals surface area contributed by atoms with Crippen molar-refractivity contribution in [1.82, 2.24) is 9.97 Å². The van der Waals surface area contributed by atoms with Gasteiger partial charge in [0.2, 0.25) is 0 Å². The first-order valence-electron chi connectivity index (χ1n) is 8.29. The van der Waals surface area contributed by atoms with Crippen LogP contribution in [0.5, 0.6) is 5.75 Å². The van der Waals surface area contributed by atoms with Gasteiger partial charge in [0.1, 0.15) is 35.5 Å². The lowest BCUT2D eigenvalue weighted by Crippen LogP contribution is -2.08. The van der Waals surface area contributed by atoms with Crippen molar-refractivity contribution < 1.29 is 4.74 Å². The molecule has 142 valence electrons. The van der Waals surface area contributed by atoms with Crippen molar-refractivity contribution in [2.24, 2.45) is 0 Å². The van der Waals surface area contributed by atoms with Crippen LogP contribution in [-0.2, 0) is 12.4 Å². The van der Waals surface area contributed by atoms with Gasteiger partial charge in [-0.1, -0.05) is 53.2 Å². The topological polar surface area (TPSA) is 84.8 Å². The van der Waals surface area contributed by atoms with E-state index in [9.17, 15) is 5.26 Å². The summed E-state index contributed by atoms with van der Waals surface area (Å²) in [6.07, 6.45) is 0. The summed E-state index contributed by atoms with van der Waals surface area (Å²) >= 11 is 13.5. The fourth-order valence-electron chi connectivity index (χ4n) is 2.43. The molecule has 2 aromatic carbocycles. The van der Waals surface area contributed by atoms with Crippen LogP contribution < -0.4 is 10.5 Å². The molecule has 0 aliphatic carbocycles. The van der Waals surface area contributed by atoms with Gasteiger partial charge in [-0.05, 0) is 42.3 Å². The fourth-order valence-corrected chi connectivity index (χ4v) is 3.86. The number of benzene rings is 2. The Labute approximate surface area is 177 Å². The lowest BCUT2D eigenvalue weighted by atomic mass is 10.2. The first-order valence-corrected chi connectivity index (χ1v) is 10.0. The van der Waals surface area contributed by atoms with E-state index in [2.05, 4.69) is 16.0 Å². The Morgan fingerprint density at radius 2 is 2.00 bits per heavy atom. The Hall–Kier alpha value is -2.46. The predicted octanol–water partition coefficient (Wildman–Crippen LogP) is 5.42. The van der Waals surface area contributed by atoms with Crippen LogP contribution in [0, 0.1) is 18.3 Å². The first-order chi connectivity index (χ1) is 13.5. The number of nitrogens with zero attached hydrogens (tertiary/aromatic N) is 3. The highest BCUT2D eigenvalue weighted by Gasteiger charge is 2.14.